The Balaban J connectivity index is 1.65. The molecule has 6 heteroatoms. The summed E-state index contributed by atoms with van der Waals surface area (Å²) < 4.78 is 12.9. The van der Waals surface area contributed by atoms with E-state index in [0.717, 1.165) is 37.3 Å². The minimum Gasteiger partial charge on any atom is -0.348 e. The summed E-state index contributed by atoms with van der Waals surface area (Å²) in [4.78, 5) is 21.2. The SMILES string of the molecule is Cc1nc(C2CCCNC2)ncc1C(=O)NCc1ccc(F)cc1. The van der Waals surface area contributed by atoms with Crippen LogP contribution >= 0.6 is 0 Å². The van der Waals surface area contributed by atoms with Crippen LogP contribution in [0.15, 0.2) is 30.5 Å². The summed E-state index contributed by atoms with van der Waals surface area (Å²) >= 11 is 0. The number of benzene rings is 1. The lowest BCUT2D eigenvalue weighted by Crippen LogP contribution is -2.30. The second kappa shape index (κ2) is 7.49. The van der Waals surface area contributed by atoms with Crippen molar-refractivity contribution in [2.24, 2.45) is 0 Å². The molecule has 1 atom stereocenters. The third-order valence-corrected chi connectivity index (χ3v) is 4.27. The van der Waals surface area contributed by atoms with Gasteiger partial charge in [-0.05, 0) is 44.0 Å². The Labute approximate surface area is 140 Å². The maximum Gasteiger partial charge on any atom is 0.254 e. The van der Waals surface area contributed by atoms with E-state index >= 15 is 0 Å². The Morgan fingerprint density at radius 2 is 2.17 bits per heavy atom. The van der Waals surface area contributed by atoms with E-state index in [1.807, 2.05) is 6.92 Å². The number of carbonyl (C=O) groups excluding carboxylic acids is 1. The number of nitrogens with one attached hydrogen (secondary N) is 2. The molecular formula is C18H21FN4O. The van der Waals surface area contributed by atoms with Gasteiger partial charge in [-0.25, -0.2) is 14.4 Å². The van der Waals surface area contributed by atoms with E-state index in [2.05, 4.69) is 20.6 Å². The number of amides is 1. The number of hydrogen-bond donors (Lipinski definition) is 2. The largest absolute Gasteiger partial charge is 0.348 e. The first-order valence-corrected chi connectivity index (χ1v) is 8.20. The van der Waals surface area contributed by atoms with Gasteiger partial charge in [0.05, 0.1) is 11.3 Å². The van der Waals surface area contributed by atoms with Gasteiger partial charge in [0.1, 0.15) is 11.6 Å². The molecule has 1 fully saturated rings. The average molecular weight is 328 g/mol. The maximum atomic E-state index is 12.9. The minimum atomic E-state index is -0.290. The van der Waals surface area contributed by atoms with Gasteiger partial charge in [0.2, 0.25) is 0 Å². The molecule has 0 saturated carbocycles. The van der Waals surface area contributed by atoms with Crippen molar-refractivity contribution in [2.45, 2.75) is 32.2 Å². The Morgan fingerprint density at radius 1 is 1.38 bits per heavy atom. The second-order valence-corrected chi connectivity index (χ2v) is 6.08. The van der Waals surface area contributed by atoms with Gasteiger partial charge in [-0.1, -0.05) is 12.1 Å². The Hall–Kier alpha value is -2.34. The predicted octanol–water partition coefficient (Wildman–Crippen LogP) is 2.32. The normalized spacial score (nSPS) is 17.5. The molecule has 1 unspecified atom stereocenters. The van der Waals surface area contributed by atoms with Crippen LogP contribution in [-0.2, 0) is 6.54 Å². The molecule has 1 aliphatic rings. The van der Waals surface area contributed by atoms with Crippen LogP contribution in [0.3, 0.4) is 0 Å². The number of carbonyl (C=O) groups is 1. The molecule has 0 aliphatic carbocycles. The molecule has 1 aliphatic heterocycles. The summed E-state index contributed by atoms with van der Waals surface area (Å²) in [6.45, 7) is 4.09. The van der Waals surface area contributed by atoms with Gasteiger partial charge in [-0.15, -0.1) is 0 Å². The molecule has 1 saturated heterocycles. The predicted molar refractivity (Wildman–Crippen MR) is 89.2 cm³/mol. The number of aryl methyl sites for hydroxylation is 1. The highest BCUT2D eigenvalue weighted by atomic mass is 19.1. The first kappa shape index (κ1) is 16.5. The fourth-order valence-electron chi connectivity index (χ4n) is 2.86. The van der Waals surface area contributed by atoms with Gasteiger partial charge in [-0.3, -0.25) is 4.79 Å². The quantitative estimate of drug-likeness (QED) is 0.904. The third-order valence-electron chi connectivity index (χ3n) is 4.27. The van der Waals surface area contributed by atoms with Gasteiger partial charge in [0.25, 0.3) is 5.91 Å². The summed E-state index contributed by atoms with van der Waals surface area (Å²) in [7, 11) is 0. The van der Waals surface area contributed by atoms with E-state index in [1.165, 1.54) is 12.1 Å². The molecule has 0 spiro atoms. The lowest BCUT2D eigenvalue weighted by Gasteiger charge is -2.21. The van der Waals surface area contributed by atoms with Gasteiger partial charge < -0.3 is 10.6 Å². The molecule has 2 aromatic rings. The third kappa shape index (κ3) is 3.94. The number of hydrogen-bond acceptors (Lipinski definition) is 4. The summed E-state index contributed by atoms with van der Waals surface area (Å²) in [6.07, 6.45) is 3.79. The van der Waals surface area contributed by atoms with Crippen molar-refractivity contribution < 1.29 is 9.18 Å². The molecule has 2 heterocycles. The summed E-state index contributed by atoms with van der Waals surface area (Å²) in [5.41, 5.74) is 2.00. The molecule has 5 nitrogen and oxygen atoms in total. The smallest absolute Gasteiger partial charge is 0.254 e. The topological polar surface area (TPSA) is 66.9 Å². The van der Waals surface area contributed by atoms with Crippen molar-refractivity contribution in [3.63, 3.8) is 0 Å². The molecule has 1 aromatic heterocycles. The van der Waals surface area contributed by atoms with E-state index < -0.39 is 0 Å². The molecule has 2 N–H and O–H groups in total. The zero-order valence-corrected chi connectivity index (χ0v) is 13.7. The molecule has 126 valence electrons. The van der Waals surface area contributed by atoms with E-state index in [4.69, 9.17) is 0 Å². The van der Waals surface area contributed by atoms with Crippen LogP contribution in [0.4, 0.5) is 4.39 Å². The molecule has 3 rings (SSSR count). The lowest BCUT2D eigenvalue weighted by atomic mass is 9.98. The summed E-state index contributed by atoms with van der Waals surface area (Å²) in [6, 6.07) is 6.06. The molecule has 1 aromatic carbocycles. The van der Waals surface area contributed by atoms with Crippen LogP contribution in [0.5, 0.6) is 0 Å². The number of piperidine rings is 1. The van der Waals surface area contributed by atoms with Crippen LogP contribution in [0.25, 0.3) is 0 Å². The molecule has 24 heavy (non-hydrogen) atoms. The van der Waals surface area contributed by atoms with Crippen LogP contribution < -0.4 is 10.6 Å². The first-order chi connectivity index (χ1) is 11.6. The Bertz CT molecular complexity index is 711. The van der Waals surface area contributed by atoms with Crippen molar-refractivity contribution in [3.8, 4) is 0 Å². The zero-order valence-electron chi connectivity index (χ0n) is 13.7. The van der Waals surface area contributed by atoms with Crippen LogP contribution in [-0.4, -0.2) is 29.0 Å². The Morgan fingerprint density at radius 3 is 2.83 bits per heavy atom. The molecule has 1 amide bonds. The fourth-order valence-corrected chi connectivity index (χ4v) is 2.86. The minimum absolute atomic E-state index is 0.217. The maximum absolute atomic E-state index is 12.9. The van der Waals surface area contributed by atoms with E-state index in [1.54, 1.807) is 18.3 Å². The number of rotatable bonds is 4. The standard InChI is InChI=1S/C18H21FN4O/c1-12-16(11-21-17(23-12)14-3-2-8-20-10-14)18(24)22-9-13-4-6-15(19)7-5-13/h4-7,11,14,20H,2-3,8-10H2,1H3,(H,22,24). The van der Waals surface area contributed by atoms with Crippen LogP contribution in [0.2, 0.25) is 0 Å². The average Bonchev–Trinajstić information content (AvgIpc) is 2.61. The van der Waals surface area contributed by atoms with Crippen molar-refractivity contribution in [3.05, 3.63) is 58.9 Å². The number of halogens is 1. The van der Waals surface area contributed by atoms with Crippen molar-refractivity contribution in [2.75, 3.05) is 13.1 Å². The van der Waals surface area contributed by atoms with Gasteiger partial charge >= 0.3 is 0 Å². The lowest BCUT2D eigenvalue weighted by molar-refractivity contribution is 0.0949. The van der Waals surface area contributed by atoms with Crippen LogP contribution in [0, 0.1) is 12.7 Å². The first-order valence-electron chi connectivity index (χ1n) is 8.20. The van der Waals surface area contributed by atoms with Gasteiger partial charge in [0.15, 0.2) is 0 Å². The molecular weight excluding hydrogens is 307 g/mol. The number of aromatic nitrogens is 2. The van der Waals surface area contributed by atoms with Crippen molar-refractivity contribution in [1.29, 1.82) is 0 Å². The van der Waals surface area contributed by atoms with Crippen molar-refractivity contribution >= 4 is 5.91 Å². The highest BCUT2D eigenvalue weighted by Gasteiger charge is 2.19. The zero-order chi connectivity index (χ0) is 16.9. The van der Waals surface area contributed by atoms with E-state index in [0.29, 0.717) is 23.7 Å². The van der Waals surface area contributed by atoms with Crippen LogP contribution in [0.1, 0.15) is 46.2 Å². The molecule has 0 radical (unpaired) electrons. The highest BCUT2D eigenvalue weighted by molar-refractivity contribution is 5.94. The fraction of sp³-hybridized carbons (Fsp3) is 0.389. The summed E-state index contributed by atoms with van der Waals surface area (Å²) in [5, 5.41) is 6.17. The van der Waals surface area contributed by atoms with Crippen molar-refractivity contribution in [1.82, 2.24) is 20.6 Å². The summed E-state index contributed by atoms with van der Waals surface area (Å²) in [5.74, 6) is 0.607. The second-order valence-electron chi connectivity index (χ2n) is 6.08. The van der Waals surface area contributed by atoms with E-state index in [-0.39, 0.29) is 11.7 Å². The van der Waals surface area contributed by atoms with E-state index in [9.17, 15) is 9.18 Å². The monoisotopic (exact) mass is 328 g/mol. The Kier molecular flexibility index (Phi) is 5.15. The highest BCUT2D eigenvalue weighted by Crippen LogP contribution is 2.20. The van der Waals surface area contributed by atoms with Gasteiger partial charge in [-0.2, -0.15) is 0 Å². The number of nitrogens with zero attached hydrogens (tertiary/aromatic N) is 2. The molecule has 0 bridgehead atoms. The van der Waals surface area contributed by atoms with Gasteiger partial charge in [0, 0.05) is 25.2 Å².